The Morgan fingerprint density at radius 3 is 0.992 bits per heavy atom. The monoisotopic (exact) mass is 1700 g/mol. The number of hydrogen-bond donors (Lipinski definition) is 6. The zero-order valence-electron chi connectivity index (χ0n) is 74.9. The van der Waals surface area contributed by atoms with Gasteiger partial charge in [0.05, 0.1) is 18.0 Å². The molecule has 16 rings (SSSR count). The van der Waals surface area contributed by atoms with Crippen LogP contribution in [0.2, 0.25) is 0 Å². The summed E-state index contributed by atoms with van der Waals surface area (Å²) in [4.78, 5) is 110. The summed E-state index contributed by atoms with van der Waals surface area (Å²) < 4.78 is 8.59. The van der Waals surface area contributed by atoms with Gasteiger partial charge in [0.1, 0.15) is 22.6 Å². The number of aromatic nitrogens is 12. The number of piperazine rings is 4. The van der Waals surface area contributed by atoms with Crippen LogP contribution in [0.1, 0.15) is 191 Å². The Bertz CT molecular complexity index is 5600. The number of carbonyl (C=O) groups is 5. The van der Waals surface area contributed by atoms with Gasteiger partial charge in [-0.1, -0.05) is 55.4 Å². The van der Waals surface area contributed by atoms with Gasteiger partial charge in [0.15, 0.2) is 12.1 Å². The number of aliphatic hydroxyl groups excluding tert-OH is 1. The summed E-state index contributed by atoms with van der Waals surface area (Å²) in [6.07, 6.45) is 16.0. The van der Waals surface area contributed by atoms with E-state index in [0.717, 1.165) is 252 Å². The lowest BCUT2D eigenvalue weighted by Gasteiger charge is -2.35. The minimum absolute atomic E-state index is 0.0161. The fourth-order valence-corrected chi connectivity index (χ4v) is 17.5. The quantitative estimate of drug-likeness (QED) is 0.0206. The zero-order chi connectivity index (χ0) is 88.4. The van der Waals surface area contributed by atoms with E-state index >= 15 is 0 Å². The average molecular weight is 1700 g/mol. The van der Waals surface area contributed by atoms with Crippen molar-refractivity contribution in [2.45, 2.75) is 172 Å². The smallest absolute Gasteiger partial charge is 0.229 e. The number of amides is 3. The van der Waals surface area contributed by atoms with Crippen molar-refractivity contribution in [1.82, 2.24) is 78.2 Å². The number of fused-ring (bicyclic) bond motifs is 4. The molecule has 8 aromatic heterocycles. The van der Waals surface area contributed by atoms with Crippen LogP contribution in [0.5, 0.6) is 0 Å². The van der Waals surface area contributed by atoms with Gasteiger partial charge in [-0.3, -0.25) is 24.0 Å². The second-order valence-corrected chi connectivity index (χ2v) is 32.5. The molecule has 0 unspecified atom stereocenters. The van der Waals surface area contributed by atoms with Crippen LogP contribution in [-0.4, -0.2) is 212 Å². The van der Waals surface area contributed by atoms with Crippen LogP contribution in [0.4, 0.5) is 69.3 Å². The SMILES string of the molecule is CCC(CC)n1c(C(C)=O)cc2cnc(Nc3ccc(N4CCN(C(C)=O)CC4)cc3)nc21.CCC(CC)n1c(C)cc2cnc(Nc3ccc(N4CCNCC4)cc3)nc21.CCC(CC)n1c(C=O)cc2cnc(Nc3ccc(N4CCN(C(C)=O)CC4)cc3)nc21.CCC(CC)n1c(CO)cc2cnc(Nc3ccc(N4CCN(C(C)=O)CC4)cc3)nc21. The number of Topliss-reactive ketones (excluding diaryl/α,β-unsaturated/α-hetero) is 1. The summed E-state index contributed by atoms with van der Waals surface area (Å²) in [6.45, 7) is 39.6. The fraction of sp³-hybridized carbons (Fsp3) is 0.442. The van der Waals surface area contributed by atoms with Crippen molar-refractivity contribution < 1.29 is 29.1 Å². The molecule has 4 aromatic carbocycles. The molecule has 6 N–H and O–H groups in total. The van der Waals surface area contributed by atoms with E-state index < -0.39 is 0 Å². The minimum atomic E-state index is -0.0161. The second-order valence-electron chi connectivity index (χ2n) is 32.5. The van der Waals surface area contributed by atoms with Gasteiger partial charge in [-0.05, 0) is 180 Å². The van der Waals surface area contributed by atoms with Crippen LogP contribution in [-0.2, 0) is 21.0 Å². The maximum absolute atomic E-state index is 12.3. The number of anilines is 12. The highest BCUT2D eigenvalue weighted by Crippen LogP contribution is 2.35. The van der Waals surface area contributed by atoms with Gasteiger partial charge in [-0.15, -0.1) is 0 Å². The Balaban J connectivity index is 0.000000143. The first-order chi connectivity index (χ1) is 60.7. The number of benzene rings is 4. The Kier molecular flexibility index (Phi) is 30.4. The third kappa shape index (κ3) is 21.4. The molecule has 30 heteroatoms. The van der Waals surface area contributed by atoms with E-state index in [0.29, 0.717) is 47.3 Å². The van der Waals surface area contributed by atoms with E-state index in [1.807, 2.05) is 86.3 Å². The number of nitrogens with zero attached hydrogens (tertiary/aromatic N) is 19. The summed E-state index contributed by atoms with van der Waals surface area (Å²) >= 11 is 0. The highest BCUT2D eigenvalue weighted by molar-refractivity contribution is 5.98. The first kappa shape index (κ1) is 90.2. The molecule has 12 aromatic rings. The first-order valence-corrected chi connectivity index (χ1v) is 44.7. The number of nitrogens with one attached hydrogen (secondary N) is 5. The summed E-state index contributed by atoms with van der Waals surface area (Å²) in [7, 11) is 0. The Morgan fingerprint density at radius 2 is 0.664 bits per heavy atom. The Labute approximate surface area is 733 Å². The standard InChI is InChI=1S/C25H32N6O2.C24H32N6O2.C24H30N6O2.C22H30N6/c1-5-21(6-2)31-23(17(3)32)15-19-16-26-25(28-24(19)31)27-20-7-9-22(10-8-20)30-13-11-29(12-14-30)18(4)33;2*1-4-20(5-2)30-22(16-31)14-18-15-25-24(27-23(18)30)26-19-6-8-21(9-7-19)29-12-10-28(11-13-29)17(3)32;1-4-19(5-2)28-16(3)14-17-15-24-22(26-21(17)28)25-18-6-8-20(9-7-18)27-12-10-23-11-13-27/h7-10,15-16,21H,5-6,11-14H2,1-4H3,(H,26,27,28);6-9,14-15,20,31H,4-5,10-13,16H2,1-3H3,(H,25,26,27);6-9,14-16,20H,4-5,10-13H2,1-3H3,(H,25,26,27);6-9,14-15,19,23H,4-5,10-13H2,1-3H3,(H,24,25,26). The maximum Gasteiger partial charge on any atom is 0.229 e. The maximum atomic E-state index is 12.3. The molecule has 0 saturated carbocycles. The molecular weight excluding hydrogens is 1570 g/mol. The number of aldehydes is 1. The molecule has 0 spiro atoms. The summed E-state index contributed by atoms with van der Waals surface area (Å²) in [5.41, 5.74) is 15.2. The van der Waals surface area contributed by atoms with Crippen LogP contribution in [0, 0.1) is 6.92 Å². The third-order valence-corrected chi connectivity index (χ3v) is 24.7. The van der Waals surface area contributed by atoms with E-state index in [-0.39, 0.29) is 42.2 Å². The normalized spacial score (nSPS) is 14.4. The second kappa shape index (κ2) is 42.2. The predicted molar refractivity (Wildman–Crippen MR) is 502 cm³/mol. The number of ketones is 1. The minimum Gasteiger partial charge on any atom is -0.390 e. The van der Waals surface area contributed by atoms with Crippen molar-refractivity contribution in [3.8, 4) is 0 Å². The molecule has 30 nitrogen and oxygen atoms in total. The van der Waals surface area contributed by atoms with Gasteiger partial charge in [0.2, 0.25) is 41.5 Å². The van der Waals surface area contributed by atoms with E-state index in [2.05, 4.69) is 209 Å². The van der Waals surface area contributed by atoms with Gasteiger partial charge >= 0.3 is 0 Å². The van der Waals surface area contributed by atoms with Gasteiger partial charge in [0.25, 0.3) is 0 Å². The highest BCUT2D eigenvalue weighted by Gasteiger charge is 2.27. The molecule has 4 aliphatic heterocycles. The average Bonchev–Trinajstić information content (AvgIpc) is 1.66. The first-order valence-electron chi connectivity index (χ1n) is 44.7. The molecule has 12 heterocycles. The molecule has 0 radical (unpaired) electrons. The summed E-state index contributed by atoms with van der Waals surface area (Å²) in [5.74, 6) is 2.64. The Morgan fingerprint density at radius 1 is 0.376 bits per heavy atom. The van der Waals surface area contributed by atoms with Gasteiger partial charge in [0, 0.05) is 260 Å². The van der Waals surface area contributed by atoms with E-state index in [1.165, 1.54) is 11.4 Å². The zero-order valence-corrected chi connectivity index (χ0v) is 74.9. The summed E-state index contributed by atoms with van der Waals surface area (Å²) in [5, 5.41) is 30.3. The number of rotatable bonds is 27. The third-order valence-electron chi connectivity index (χ3n) is 24.7. The van der Waals surface area contributed by atoms with Crippen molar-refractivity contribution in [3.05, 3.63) is 169 Å². The predicted octanol–water partition coefficient (Wildman–Crippen LogP) is 16.4. The van der Waals surface area contributed by atoms with Crippen molar-refractivity contribution in [2.24, 2.45) is 0 Å². The molecule has 125 heavy (non-hydrogen) atoms. The van der Waals surface area contributed by atoms with Gasteiger partial charge < -0.3 is 84.3 Å². The van der Waals surface area contributed by atoms with Crippen LogP contribution in [0.15, 0.2) is 146 Å². The number of aryl methyl sites for hydroxylation is 1. The molecule has 0 bridgehead atoms. The molecule has 660 valence electrons. The van der Waals surface area contributed by atoms with Gasteiger partial charge in [-0.25, -0.2) is 19.9 Å². The molecule has 0 aliphatic carbocycles. The number of hydrogen-bond acceptors (Lipinski definition) is 23. The molecule has 4 aliphatic rings. The van der Waals surface area contributed by atoms with Crippen LogP contribution < -0.4 is 46.2 Å². The lowest BCUT2D eigenvalue weighted by molar-refractivity contribution is -0.129. The lowest BCUT2D eigenvalue weighted by atomic mass is 10.1. The summed E-state index contributed by atoms with van der Waals surface area (Å²) in [6, 6.07) is 42.2. The van der Waals surface area contributed by atoms with E-state index in [4.69, 9.17) is 19.9 Å². The Hall–Kier alpha value is -12.6. The molecule has 4 fully saturated rings. The van der Waals surface area contributed by atoms with E-state index in [9.17, 15) is 29.1 Å². The molecular formula is C95H124N24O6. The van der Waals surface area contributed by atoms with Crippen molar-refractivity contribution in [2.75, 3.05) is 146 Å². The van der Waals surface area contributed by atoms with Crippen LogP contribution in [0.25, 0.3) is 44.1 Å². The number of carbonyl (C=O) groups excluding carboxylic acids is 5. The van der Waals surface area contributed by atoms with Crippen LogP contribution >= 0.6 is 0 Å². The molecule has 0 atom stereocenters. The molecule has 4 saturated heterocycles. The van der Waals surface area contributed by atoms with Crippen LogP contribution in [0.3, 0.4) is 0 Å². The fourth-order valence-electron chi connectivity index (χ4n) is 17.5. The van der Waals surface area contributed by atoms with Crippen molar-refractivity contribution in [3.63, 3.8) is 0 Å². The molecule has 3 amide bonds. The highest BCUT2D eigenvalue weighted by atomic mass is 16.3. The van der Waals surface area contributed by atoms with Crippen molar-refractivity contribution in [1.29, 1.82) is 0 Å². The lowest BCUT2D eigenvalue weighted by Crippen LogP contribution is -2.48. The topological polar surface area (TPSA) is 311 Å². The number of aliphatic hydroxyl groups is 1. The van der Waals surface area contributed by atoms with Crippen molar-refractivity contribution >= 4 is 143 Å². The largest absolute Gasteiger partial charge is 0.390 e. The van der Waals surface area contributed by atoms with E-state index in [1.54, 1.807) is 40.1 Å². The van der Waals surface area contributed by atoms with Gasteiger partial charge in [-0.2, -0.15) is 19.9 Å².